The zero-order valence-electron chi connectivity index (χ0n) is 24.4. The summed E-state index contributed by atoms with van der Waals surface area (Å²) in [5.74, 6) is -8.08. The Labute approximate surface area is 254 Å². The normalized spacial score (nSPS) is 40.7. The number of halogens is 3. The summed E-state index contributed by atoms with van der Waals surface area (Å²) in [5, 5.41) is 34.1. The van der Waals surface area contributed by atoms with Crippen molar-refractivity contribution in [3.05, 3.63) is 53.3 Å². The summed E-state index contributed by atoms with van der Waals surface area (Å²) in [6.07, 6.45) is -11.8. The molecule has 3 aliphatic carbocycles. The Kier molecular flexibility index (Phi) is 7.12. The first-order valence-electron chi connectivity index (χ1n) is 14.3. The molecule has 2 saturated heterocycles. The standard InChI is InChI=1S/C31H31F3O11/c1-13-15-9-18-29-12-43-30(27(41)42-3,24(29)21(38)26(40)44-18)25(39)20(37)23(29)28(15,2)11-17(35)22(13)45-19(36)10-16(31(32,33)34)14-7-5-4-6-8-14/h4-8,10,15,18,20-21,23-25,37-39H,9,11-12H2,1-3H3/b16-10-/t15?,18-,20-,21-,23?,24-,25?,28+,29-,30+/m1/s1. The van der Waals surface area contributed by atoms with Crippen molar-refractivity contribution in [3.8, 4) is 0 Å². The number of fused-ring (bicyclic) bond motifs is 2. The van der Waals surface area contributed by atoms with Gasteiger partial charge in [0.25, 0.3) is 0 Å². The number of carbonyl (C=O) groups is 4. The number of hydrogen-bond donors (Lipinski definition) is 3. The van der Waals surface area contributed by atoms with Crippen LogP contribution in [0.3, 0.4) is 0 Å². The van der Waals surface area contributed by atoms with Gasteiger partial charge in [-0.05, 0) is 35.8 Å². The van der Waals surface area contributed by atoms with Gasteiger partial charge in [0.1, 0.15) is 12.2 Å². The van der Waals surface area contributed by atoms with E-state index in [-0.39, 0.29) is 30.2 Å². The second kappa shape index (κ2) is 10.2. The van der Waals surface area contributed by atoms with Crippen molar-refractivity contribution < 1.29 is 66.6 Å². The number of allylic oxidation sites excluding steroid dienone is 3. The number of ketones is 1. The van der Waals surface area contributed by atoms with E-state index in [1.54, 1.807) is 6.92 Å². The van der Waals surface area contributed by atoms with E-state index in [1.165, 1.54) is 37.3 Å². The molecule has 2 heterocycles. The first kappa shape index (κ1) is 31.4. The highest BCUT2D eigenvalue weighted by atomic mass is 19.4. The minimum Gasteiger partial charge on any atom is -0.467 e. The van der Waals surface area contributed by atoms with E-state index in [9.17, 15) is 47.7 Å². The van der Waals surface area contributed by atoms with Crippen LogP contribution in [-0.4, -0.2) is 88.9 Å². The summed E-state index contributed by atoms with van der Waals surface area (Å²) in [4.78, 5) is 52.5. The molecule has 0 radical (unpaired) electrons. The number of benzene rings is 1. The topological polar surface area (TPSA) is 166 Å². The van der Waals surface area contributed by atoms with Gasteiger partial charge in [0, 0.05) is 23.8 Å². The van der Waals surface area contributed by atoms with E-state index in [4.69, 9.17) is 18.9 Å². The minimum absolute atomic E-state index is 0.0286. The van der Waals surface area contributed by atoms with Gasteiger partial charge in [-0.15, -0.1) is 0 Å². The van der Waals surface area contributed by atoms with Gasteiger partial charge in [0.2, 0.25) is 0 Å². The molecule has 3 N–H and O–H groups in total. The fraction of sp³-hybridized carbons (Fsp3) is 0.548. The number of alkyl halides is 3. The number of aliphatic hydroxyl groups excluding tert-OH is 3. The lowest BCUT2D eigenvalue weighted by Crippen LogP contribution is -2.79. The van der Waals surface area contributed by atoms with Crippen LogP contribution in [0, 0.1) is 28.6 Å². The smallest absolute Gasteiger partial charge is 0.417 e. The van der Waals surface area contributed by atoms with Crippen LogP contribution < -0.4 is 0 Å². The van der Waals surface area contributed by atoms with E-state index in [1.807, 2.05) is 0 Å². The number of ether oxygens (including phenoxy) is 4. The van der Waals surface area contributed by atoms with Gasteiger partial charge < -0.3 is 34.3 Å². The quantitative estimate of drug-likeness (QED) is 0.250. The summed E-state index contributed by atoms with van der Waals surface area (Å²) in [7, 11) is 1.03. The maximum absolute atomic E-state index is 13.8. The number of aliphatic hydroxyl groups is 3. The van der Waals surface area contributed by atoms with Gasteiger partial charge in [-0.1, -0.05) is 37.3 Å². The van der Waals surface area contributed by atoms with Crippen molar-refractivity contribution in [2.24, 2.45) is 28.6 Å². The van der Waals surface area contributed by atoms with Crippen molar-refractivity contribution in [2.75, 3.05) is 13.7 Å². The molecule has 1 aromatic rings. The molecule has 11 nitrogen and oxygen atoms in total. The van der Waals surface area contributed by atoms with Crippen molar-refractivity contribution in [1.29, 1.82) is 0 Å². The van der Waals surface area contributed by atoms with Crippen LogP contribution in [0.4, 0.5) is 13.2 Å². The number of carbonyl (C=O) groups excluding carboxylic acids is 4. The highest BCUT2D eigenvalue weighted by Gasteiger charge is 2.84. The van der Waals surface area contributed by atoms with Crippen molar-refractivity contribution >= 4 is 29.3 Å². The molecule has 2 aliphatic heterocycles. The van der Waals surface area contributed by atoms with E-state index < -0.39 is 106 Å². The molecule has 0 amide bonds. The van der Waals surface area contributed by atoms with Crippen LogP contribution in [0.25, 0.3) is 5.57 Å². The Bertz CT molecular complexity index is 1540. The average Bonchev–Trinajstić information content (AvgIpc) is 3.29. The Balaban J connectivity index is 1.42. The van der Waals surface area contributed by atoms with Crippen LogP contribution >= 0.6 is 0 Å². The maximum atomic E-state index is 13.8. The highest BCUT2D eigenvalue weighted by molar-refractivity contribution is 6.01. The third-order valence-electron chi connectivity index (χ3n) is 10.7. The molecule has 2 bridgehead atoms. The molecule has 0 aromatic heterocycles. The predicted molar refractivity (Wildman–Crippen MR) is 143 cm³/mol. The predicted octanol–water partition coefficient (Wildman–Crippen LogP) is 1.63. The molecule has 45 heavy (non-hydrogen) atoms. The molecule has 10 atom stereocenters. The monoisotopic (exact) mass is 636 g/mol. The number of hydrogen-bond acceptors (Lipinski definition) is 11. The van der Waals surface area contributed by atoms with Crippen LogP contribution in [0.5, 0.6) is 0 Å². The first-order valence-corrected chi connectivity index (χ1v) is 14.3. The van der Waals surface area contributed by atoms with Gasteiger partial charge in [-0.25, -0.2) is 14.4 Å². The average molecular weight is 637 g/mol. The molecule has 1 spiro atoms. The lowest BCUT2D eigenvalue weighted by atomic mass is 9.38. The Hall–Kier alpha value is -3.59. The Morgan fingerprint density at radius 2 is 1.76 bits per heavy atom. The molecule has 3 unspecified atom stereocenters. The van der Waals surface area contributed by atoms with Crippen LogP contribution in [0.15, 0.2) is 47.7 Å². The van der Waals surface area contributed by atoms with Crippen molar-refractivity contribution in [1.82, 2.24) is 0 Å². The third-order valence-corrected chi connectivity index (χ3v) is 10.7. The van der Waals surface area contributed by atoms with Crippen LogP contribution in [0.1, 0.15) is 32.3 Å². The molecule has 242 valence electrons. The summed E-state index contributed by atoms with van der Waals surface area (Å²) >= 11 is 0. The van der Waals surface area contributed by atoms with E-state index in [2.05, 4.69) is 0 Å². The van der Waals surface area contributed by atoms with Gasteiger partial charge in [0.05, 0.1) is 31.3 Å². The second-order valence-electron chi connectivity index (χ2n) is 12.7. The highest BCUT2D eigenvalue weighted by Crippen LogP contribution is 2.72. The van der Waals surface area contributed by atoms with Crippen molar-refractivity contribution in [2.45, 2.75) is 62.9 Å². The molecule has 1 aromatic carbocycles. The van der Waals surface area contributed by atoms with Crippen LogP contribution in [-0.2, 0) is 38.1 Å². The molecule has 5 aliphatic rings. The third kappa shape index (κ3) is 4.11. The van der Waals surface area contributed by atoms with Crippen molar-refractivity contribution in [3.63, 3.8) is 0 Å². The first-order chi connectivity index (χ1) is 21.1. The number of esters is 3. The molecular formula is C31H31F3O11. The summed E-state index contributed by atoms with van der Waals surface area (Å²) in [6.45, 7) is 2.79. The zero-order valence-corrected chi connectivity index (χ0v) is 24.4. The fourth-order valence-electron chi connectivity index (χ4n) is 9.09. The minimum atomic E-state index is -4.91. The number of Topliss-reactive ketones (excluding diaryl/α,β-unsaturated/α-hetero) is 1. The maximum Gasteiger partial charge on any atom is 0.417 e. The second-order valence-corrected chi connectivity index (χ2v) is 12.7. The summed E-state index contributed by atoms with van der Waals surface area (Å²) in [6, 6.07) is 6.60. The SMILES string of the molecule is COC(=O)[C@@]12OC[C@]34C([C@@H](O)C1O)[C@@]1(C)CC(=O)C(OC(=O)/C=C(/c5ccccc5)C(F)(F)F)=C(C)C1C[C@H]3OC(=O)[C@H](O)[C@H]42. The van der Waals surface area contributed by atoms with E-state index >= 15 is 0 Å². The van der Waals surface area contributed by atoms with Crippen LogP contribution in [0.2, 0.25) is 0 Å². The molecular weight excluding hydrogens is 605 g/mol. The number of rotatable bonds is 4. The van der Waals surface area contributed by atoms with Gasteiger partial charge in [0.15, 0.2) is 23.2 Å². The van der Waals surface area contributed by atoms with E-state index in [0.717, 1.165) is 7.11 Å². The molecule has 2 saturated carbocycles. The Morgan fingerprint density at radius 3 is 2.38 bits per heavy atom. The van der Waals surface area contributed by atoms with Gasteiger partial charge in [-0.3, -0.25) is 4.79 Å². The summed E-state index contributed by atoms with van der Waals surface area (Å²) in [5.41, 5.74) is -6.34. The number of methoxy groups -OCH3 is 1. The fourth-order valence-corrected chi connectivity index (χ4v) is 9.09. The zero-order chi connectivity index (χ0) is 32.9. The molecule has 14 heteroatoms. The molecule has 6 rings (SSSR count). The lowest BCUT2D eigenvalue weighted by Gasteiger charge is -2.67. The Morgan fingerprint density at radius 1 is 1.09 bits per heavy atom. The summed E-state index contributed by atoms with van der Waals surface area (Å²) < 4.78 is 63.3. The largest absolute Gasteiger partial charge is 0.467 e. The van der Waals surface area contributed by atoms with Gasteiger partial charge >= 0.3 is 24.1 Å². The van der Waals surface area contributed by atoms with Gasteiger partial charge in [-0.2, -0.15) is 13.2 Å². The lowest BCUT2D eigenvalue weighted by molar-refractivity contribution is -0.289. The van der Waals surface area contributed by atoms with E-state index in [0.29, 0.717) is 0 Å². The molecule has 4 fully saturated rings.